The molecule has 3 heterocycles. The SMILES string of the molecule is COc1ccc(CCN2C(=O)O[C@@H]3CN(c4ccc(Cl)cn4)C[C@@H]32)cc1. The van der Waals surface area contributed by atoms with Crippen LogP contribution in [0.15, 0.2) is 42.6 Å². The molecule has 2 aliphatic heterocycles. The Morgan fingerprint density at radius 2 is 2.04 bits per heavy atom. The summed E-state index contributed by atoms with van der Waals surface area (Å²) in [4.78, 5) is 20.6. The second-order valence-electron chi connectivity index (χ2n) is 6.52. The van der Waals surface area contributed by atoms with Crippen LogP contribution < -0.4 is 9.64 Å². The molecule has 4 rings (SSSR count). The second-order valence-corrected chi connectivity index (χ2v) is 6.96. The summed E-state index contributed by atoms with van der Waals surface area (Å²) in [6, 6.07) is 11.7. The Morgan fingerprint density at radius 1 is 1.23 bits per heavy atom. The van der Waals surface area contributed by atoms with E-state index in [0.717, 1.165) is 23.6 Å². The smallest absolute Gasteiger partial charge is 0.410 e. The molecule has 136 valence electrons. The van der Waals surface area contributed by atoms with E-state index in [1.165, 1.54) is 0 Å². The predicted octanol–water partition coefficient (Wildman–Crippen LogP) is 3.00. The van der Waals surface area contributed by atoms with E-state index in [1.54, 1.807) is 13.3 Å². The van der Waals surface area contributed by atoms with Crippen LogP contribution in [-0.2, 0) is 11.2 Å². The average Bonchev–Trinajstić information content (AvgIpc) is 3.18. The number of methoxy groups -OCH3 is 1. The van der Waals surface area contributed by atoms with Gasteiger partial charge in [0.2, 0.25) is 0 Å². The van der Waals surface area contributed by atoms with Crippen LogP contribution in [0.2, 0.25) is 5.02 Å². The summed E-state index contributed by atoms with van der Waals surface area (Å²) in [7, 11) is 1.65. The molecule has 2 aliphatic rings. The van der Waals surface area contributed by atoms with E-state index in [9.17, 15) is 4.79 Å². The lowest BCUT2D eigenvalue weighted by atomic mass is 10.1. The topological polar surface area (TPSA) is 54.9 Å². The van der Waals surface area contributed by atoms with Crippen molar-refractivity contribution in [3.63, 3.8) is 0 Å². The number of ether oxygens (including phenoxy) is 2. The maximum atomic E-state index is 12.2. The first kappa shape index (κ1) is 17.0. The molecule has 2 fully saturated rings. The summed E-state index contributed by atoms with van der Waals surface area (Å²) in [6.45, 7) is 2.01. The number of nitrogens with zero attached hydrogens (tertiary/aromatic N) is 3. The number of carbonyl (C=O) groups is 1. The van der Waals surface area contributed by atoms with E-state index in [4.69, 9.17) is 21.1 Å². The van der Waals surface area contributed by atoms with Crippen molar-refractivity contribution in [2.75, 3.05) is 31.6 Å². The van der Waals surface area contributed by atoms with Crippen molar-refractivity contribution in [1.29, 1.82) is 0 Å². The number of rotatable bonds is 5. The number of aromatic nitrogens is 1. The monoisotopic (exact) mass is 373 g/mol. The molecule has 1 amide bonds. The molecule has 26 heavy (non-hydrogen) atoms. The molecule has 2 saturated heterocycles. The highest BCUT2D eigenvalue weighted by atomic mass is 35.5. The highest BCUT2D eigenvalue weighted by molar-refractivity contribution is 6.30. The first-order valence-corrected chi connectivity index (χ1v) is 8.98. The minimum atomic E-state index is -0.225. The van der Waals surface area contributed by atoms with E-state index < -0.39 is 0 Å². The third-order valence-electron chi connectivity index (χ3n) is 4.96. The Kier molecular flexibility index (Phi) is 4.59. The molecule has 1 aromatic heterocycles. The molecule has 0 saturated carbocycles. The van der Waals surface area contributed by atoms with Crippen LogP contribution in [0.1, 0.15) is 5.56 Å². The normalized spacial score (nSPS) is 21.7. The van der Waals surface area contributed by atoms with Crippen molar-refractivity contribution in [2.45, 2.75) is 18.6 Å². The van der Waals surface area contributed by atoms with Gasteiger partial charge in [-0.25, -0.2) is 9.78 Å². The largest absolute Gasteiger partial charge is 0.497 e. The molecule has 7 heteroatoms. The molecular weight excluding hydrogens is 354 g/mol. The van der Waals surface area contributed by atoms with E-state index in [2.05, 4.69) is 9.88 Å². The lowest BCUT2D eigenvalue weighted by molar-refractivity contribution is 0.136. The van der Waals surface area contributed by atoms with Crippen molar-refractivity contribution < 1.29 is 14.3 Å². The summed E-state index contributed by atoms with van der Waals surface area (Å²) < 4.78 is 10.7. The van der Waals surface area contributed by atoms with Crippen LogP contribution in [0.4, 0.5) is 10.6 Å². The number of benzene rings is 1. The first-order valence-electron chi connectivity index (χ1n) is 8.61. The van der Waals surface area contributed by atoms with Gasteiger partial charge in [-0.3, -0.25) is 4.90 Å². The zero-order valence-electron chi connectivity index (χ0n) is 14.5. The van der Waals surface area contributed by atoms with Crippen LogP contribution in [0.3, 0.4) is 0 Å². The molecule has 0 unspecified atom stereocenters. The predicted molar refractivity (Wildman–Crippen MR) is 98.9 cm³/mol. The fourth-order valence-corrected chi connectivity index (χ4v) is 3.66. The zero-order chi connectivity index (χ0) is 18.1. The van der Waals surface area contributed by atoms with Gasteiger partial charge in [0.15, 0.2) is 0 Å². The van der Waals surface area contributed by atoms with E-state index in [-0.39, 0.29) is 18.2 Å². The highest BCUT2D eigenvalue weighted by Crippen LogP contribution is 2.30. The Labute approximate surface area is 157 Å². The molecular formula is C19H20ClN3O3. The van der Waals surface area contributed by atoms with Crippen molar-refractivity contribution in [3.05, 3.63) is 53.2 Å². The minimum Gasteiger partial charge on any atom is -0.497 e. The number of halogens is 1. The Morgan fingerprint density at radius 3 is 2.73 bits per heavy atom. The fraction of sp³-hybridized carbons (Fsp3) is 0.368. The van der Waals surface area contributed by atoms with Gasteiger partial charge in [0.25, 0.3) is 0 Å². The zero-order valence-corrected chi connectivity index (χ0v) is 15.2. The van der Waals surface area contributed by atoms with E-state index >= 15 is 0 Å². The molecule has 2 aromatic rings. The Hall–Kier alpha value is -2.47. The van der Waals surface area contributed by atoms with Crippen LogP contribution in [0.5, 0.6) is 5.75 Å². The van der Waals surface area contributed by atoms with Gasteiger partial charge < -0.3 is 14.4 Å². The van der Waals surface area contributed by atoms with Gasteiger partial charge in [-0.1, -0.05) is 23.7 Å². The summed E-state index contributed by atoms with van der Waals surface area (Å²) >= 11 is 5.91. The first-order chi connectivity index (χ1) is 12.6. The number of carbonyl (C=O) groups excluding carboxylic acids is 1. The lowest BCUT2D eigenvalue weighted by Gasteiger charge is -2.23. The molecule has 0 N–H and O–H groups in total. The number of amides is 1. The number of anilines is 1. The minimum absolute atomic E-state index is 0.0539. The average molecular weight is 374 g/mol. The third-order valence-corrected chi connectivity index (χ3v) is 5.18. The molecule has 0 aliphatic carbocycles. The summed E-state index contributed by atoms with van der Waals surface area (Å²) in [5.74, 6) is 1.69. The van der Waals surface area contributed by atoms with Crippen molar-refractivity contribution in [1.82, 2.24) is 9.88 Å². The fourth-order valence-electron chi connectivity index (χ4n) is 3.55. The van der Waals surface area contributed by atoms with Crippen molar-refractivity contribution in [2.24, 2.45) is 0 Å². The van der Waals surface area contributed by atoms with Gasteiger partial charge in [0.1, 0.15) is 17.7 Å². The molecule has 0 spiro atoms. The van der Waals surface area contributed by atoms with Crippen LogP contribution in [0, 0.1) is 0 Å². The molecule has 2 atom stereocenters. The summed E-state index contributed by atoms with van der Waals surface area (Å²) in [5, 5.41) is 0.612. The van der Waals surface area contributed by atoms with Crippen molar-refractivity contribution in [3.8, 4) is 5.75 Å². The van der Waals surface area contributed by atoms with Gasteiger partial charge in [0, 0.05) is 19.3 Å². The quantitative estimate of drug-likeness (QED) is 0.806. The standard InChI is InChI=1S/C19H20ClN3O3/c1-25-15-5-2-13(3-6-15)8-9-23-16-11-22(12-17(16)26-19(23)24)18-7-4-14(20)10-21-18/h2-7,10,16-17H,8-9,11-12H2,1H3/t16-,17+/m0/s1. The van der Waals surface area contributed by atoms with Gasteiger partial charge >= 0.3 is 6.09 Å². The Balaban J connectivity index is 1.40. The summed E-state index contributed by atoms with van der Waals surface area (Å²) in [5.41, 5.74) is 1.16. The van der Waals surface area contributed by atoms with Crippen LogP contribution in [-0.4, -0.2) is 54.9 Å². The van der Waals surface area contributed by atoms with Crippen LogP contribution in [0.25, 0.3) is 0 Å². The van der Waals surface area contributed by atoms with Gasteiger partial charge in [-0.15, -0.1) is 0 Å². The second kappa shape index (κ2) is 7.03. The van der Waals surface area contributed by atoms with E-state index in [0.29, 0.717) is 24.7 Å². The van der Waals surface area contributed by atoms with Gasteiger partial charge in [0.05, 0.1) is 24.7 Å². The maximum absolute atomic E-state index is 12.2. The van der Waals surface area contributed by atoms with Gasteiger partial charge in [-0.05, 0) is 36.2 Å². The molecule has 6 nitrogen and oxygen atoms in total. The molecule has 1 aromatic carbocycles. The number of pyridine rings is 1. The number of hydrogen-bond donors (Lipinski definition) is 0. The van der Waals surface area contributed by atoms with Gasteiger partial charge in [-0.2, -0.15) is 0 Å². The number of hydrogen-bond acceptors (Lipinski definition) is 5. The highest BCUT2D eigenvalue weighted by Gasteiger charge is 2.47. The third kappa shape index (κ3) is 3.29. The molecule has 0 radical (unpaired) electrons. The maximum Gasteiger partial charge on any atom is 0.410 e. The van der Waals surface area contributed by atoms with Crippen LogP contribution >= 0.6 is 11.6 Å². The summed E-state index contributed by atoms with van der Waals surface area (Å²) in [6.07, 6.45) is 2.08. The number of fused-ring (bicyclic) bond motifs is 1. The lowest BCUT2D eigenvalue weighted by Crippen LogP contribution is -2.39. The van der Waals surface area contributed by atoms with Crippen molar-refractivity contribution >= 4 is 23.5 Å². The Bertz CT molecular complexity index is 782. The van der Waals surface area contributed by atoms with E-state index in [1.807, 2.05) is 41.3 Å². The molecule has 0 bridgehead atoms.